The summed E-state index contributed by atoms with van der Waals surface area (Å²) in [7, 11) is 0. The smallest absolute Gasteiger partial charge is 0.320 e. The molecule has 8 heteroatoms. The molecule has 0 spiro atoms. The summed E-state index contributed by atoms with van der Waals surface area (Å²) < 4.78 is 26.8. The Morgan fingerprint density at radius 2 is 1.90 bits per heavy atom. The van der Waals surface area contributed by atoms with E-state index in [2.05, 4.69) is 15.3 Å². The fraction of sp³-hybridized carbons (Fsp3) is 0.190. The molecular weight excluding hydrogens is 378 g/mol. The number of hydrogen-bond donors (Lipinski definition) is 2. The van der Waals surface area contributed by atoms with Crippen LogP contribution in [0.2, 0.25) is 0 Å². The summed E-state index contributed by atoms with van der Waals surface area (Å²) in [5.41, 5.74) is 1.67. The molecule has 2 amide bonds. The van der Waals surface area contributed by atoms with Crippen molar-refractivity contribution in [3.63, 3.8) is 0 Å². The van der Waals surface area contributed by atoms with Gasteiger partial charge in [0.1, 0.15) is 17.5 Å². The number of benzene rings is 2. The Kier molecular flexibility index (Phi) is 5.07. The standard InChI is InChI=1S/C21H18F2N4O2/c22-14-7-5-13(6-8-14)11-19-24-17-9-10-27(12-15(17)20(28)26-19)21(29)25-18-4-2-1-3-16(18)23/h1-8H,9-12H2,(H,25,29)(H,24,26,28). The second-order valence-electron chi connectivity index (χ2n) is 6.82. The first-order valence-corrected chi connectivity index (χ1v) is 9.15. The van der Waals surface area contributed by atoms with Gasteiger partial charge in [-0.2, -0.15) is 0 Å². The number of amides is 2. The summed E-state index contributed by atoms with van der Waals surface area (Å²) in [6.45, 7) is 0.453. The van der Waals surface area contributed by atoms with Crippen LogP contribution in [0, 0.1) is 11.6 Å². The minimum atomic E-state index is -0.525. The van der Waals surface area contributed by atoms with Crippen molar-refractivity contribution in [3.05, 3.63) is 93.2 Å². The molecule has 2 heterocycles. The maximum atomic E-state index is 13.7. The Hall–Kier alpha value is -3.55. The summed E-state index contributed by atoms with van der Waals surface area (Å²) in [5.74, 6) is -0.359. The number of anilines is 1. The van der Waals surface area contributed by atoms with Crippen molar-refractivity contribution in [2.45, 2.75) is 19.4 Å². The van der Waals surface area contributed by atoms with Gasteiger partial charge in [-0.3, -0.25) is 4.79 Å². The maximum absolute atomic E-state index is 13.7. The average Bonchev–Trinajstić information content (AvgIpc) is 2.71. The van der Waals surface area contributed by atoms with Gasteiger partial charge in [0, 0.05) is 19.4 Å². The van der Waals surface area contributed by atoms with Crippen molar-refractivity contribution in [2.24, 2.45) is 0 Å². The molecule has 0 saturated heterocycles. The molecule has 1 aliphatic rings. The number of nitrogens with zero attached hydrogens (tertiary/aromatic N) is 2. The van der Waals surface area contributed by atoms with Crippen LogP contribution in [0.25, 0.3) is 0 Å². The van der Waals surface area contributed by atoms with Crippen molar-refractivity contribution in [3.8, 4) is 0 Å². The molecule has 3 aromatic rings. The Morgan fingerprint density at radius 1 is 1.14 bits per heavy atom. The number of rotatable bonds is 3. The third-order valence-corrected chi connectivity index (χ3v) is 4.81. The molecule has 1 aliphatic heterocycles. The number of carbonyl (C=O) groups excluding carboxylic acids is 1. The number of H-pyrrole nitrogens is 1. The van der Waals surface area contributed by atoms with Crippen LogP contribution in [0.3, 0.4) is 0 Å². The molecule has 6 nitrogen and oxygen atoms in total. The predicted molar refractivity (Wildman–Crippen MR) is 104 cm³/mol. The predicted octanol–water partition coefficient (Wildman–Crippen LogP) is 3.23. The van der Waals surface area contributed by atoms with Crippen LogP contribution in [0.4, 0.5) is 19.3 Å². The highest BCUT2D eigenvalue weighted by Gasteiger charge is 2.25. The van der Waals surface area contributed by atoms with Gasteiger partial charge in [0.2, 0.25) is 0 Å². The van der Waals surface area contributed by atoms with Gasteiger partial charge in [0.05, 0.1) is 23.5 Å². The number of hydrogen-bond acceptors (Lipinski definition) is 3. The lowest BCUT2D eigenvalue weighted by Crippen LogP contribution is -2.42. The van der Waals surface area contributed by atoms with E-state index >= 15 is 0 Å². The van der Waals surface area contributed by atoms with E-state index in [0.717, 1.165) is 5.56 Å². The van der Waals surface area contributed by atoms with E-state index in [1.165, 1.54) is 35.2 Å². The molecule has 2 N–H and O–H groups in total. The van der Waals surface area contributed by atoms with E-state index in [0.29, 0.717) is 36.5 Å². The Labute approximate surface area is 165 Å². The number of carbonyl (C=O) groups is 1. The van der Waals surface area contributed by atoms with Gasteiger partial charge in [-0.15, -0.1) is 0 Å². The molecule has 148 valence electrons. The zero-order valence-corrected chi connectivity index (χ0v) is 15.4. The molecule has 0 radical (unpaired) electrons. The lowest BCUT2D eigenvalue weighted by Gasteiger charge is -2.28. The van der Waals surface area contributed by atoms with Crippen LogP contribution >= 0.6 is 0 Å². The van der Waals surface area contributed by atoms with Gasteiger partial charge in [-0.25, -0.2) is 18.6 Å². The van der Waals surface area contributed by atoms with Crippen molar-refractivity contribution in [2.75, 3.05) is 11.9 Å². The zero-order chi connectivity index (χ0) is 20.4. The minimum Gasteiger partial charge on any atom is -0.320 e. The van der Waals surface area contributed by atoms with E-state index < -0.39 is 11.8 Å². The number of fused-ring (bicyclic) bond motifs is 1. The summed E-state index contributed by atoms with van der Waals surface area (Å²) in [4.78, 5) is 33.7. The van der Waals surface area contributed by atoms with E-state index in [9.17, 15) is 18.4 Å². The first-order valence-electron chi connectivity index (χ1n) is 9.15. The first-order chi connectivity index (χ1) is 14.0. The monoisotopic (exact) mass is 396 g/mol. The van der Waals surface area contributed by atoms with Gasteiger partial charge in [-0.1, -0.05) is 24.3 Å². The summed E-state index contributed by atoms with van der Waals surface area (Å²) in [5, 5.41) is 2.53. The SMILES string of the molecule is O=C(Nc1ccccc1F)N1CCc2nc(Cc3ccc(F)cc3)[nH]c(=O)c2C1. The third kappa shape index (κ3) is 4.16. The van der Waals surface area contributed by atoms with E-state index in [-0.39, 0.29) is 23.6 Å². The number of para-hydroxylation sites is 1. The van der Waals surface area contributed by atoms with Gasteiger partial charge < -0.3 is 15.2 Å². The highest BCUT2D eigenvalue weighted by atomic mass is 19.1. The number of halogens is 2. The maximum Gasteiger partial charge on any atom is 0.322 e. The second-order valence-corrected chi connectivity index (χ2v) is 6.82. The van der Waals surface area contributed by atoms with Crippen LogP contribution in [-0.2, 0) is 19.4 Å². The van der Waals surface area contributed by atoms with Crippen molar-refractivity contribution < 1.29 is 13.6 Å². The largest absolute Gasteiger partial charge is 0.322 e. The molecule has 0 unspecified atom stereocenters. The number of aromatic nitrogens is 2. The zero-order valence-electron chi connectivity index (χ0n) is 15.4. The average molecular weight is 396 g/mol. The van der Waals surface area contributed by atoms with Crippen molar-refractivity contribution in [1.82, 2.24) is 14.9 Å². The quantitative estimate of drug-likeness (QED) is 0.714. The van der Waals surface area contributed by atoms with E-state index in [1.807, 2.05) is 0 Å². The van der Waals surface area contributed by atoms with Gasteiger partial charge in [0.15, 0.2) is 0 Å². The highest BCUT2D eigenvalue weighted by molar-refractivity contribution is 5.89. The summed E-state index contributed by atoms with van der Waals surface area (Å²) in [6.07, 6.45) is 0.792. The van der Waals surface area contributed by atoms with Gasteiger partial charge in [-0.05, 0) is 29.8 Å². The lowest BCUT2D eigenvalue weighted by molar-refractivity contribution is 0.205. The number of urea groups is 1. The van der Waals surface area contributed by atoms with Gasteiger partial charge in [0.25, 0.3) is 5.56 Å². The number of aromatic amines is 1. The summed E-state index contributed by atoms with van der Waals surface area (Å²) in [6, 6.07) is 11.4. The van der Waals surface area contributed by atoms with Crippen LogP contribution < -0.4 is 10.9 Å². The minimum absolute atomic E-state index is 0.0879. The van der Waals surface area contributed by atoms with Crippen LogP contribution in [0.5, 0.6) is 0 Å². The van der Waals surface area contributed by atoms with E-state index in [4.69, 9.17) is 0 Å². The molecule has 29 heavy (non-hydrogen) atoms. The van der Waals surface area contributed by atoms with Crippen LogP contribution in [0.1, 0.15) is 22.6 Å². The van der Waals surface area contributed by atoms with Crippen molar-refractivity contribution in [1.29, 1.82) is 0 Å². The van der Waals surface area contributed by atoms with Gasteiger partial charge >= 0.3 is 6.03 Å². The fourth-order valence-electron chi connectivity index (χ4n) is 3.29. The highest BCUT2D eigenvalue weighted by Crippen LogP contribution is 2.18. The number of nitrogens with one attached hydrogen (secondary N) is 2. The Morgan fingerprint density at radius 3 is 2.66 bits per heavy atom. The molecule has 2 aromatic carbocycles. The molecule has 1 aromatic heterocycles. The molecule has 4 rings (SSSR count). The van der Waals surface area contributed by atoms with E-state index in [1.54, 1.807) is 18.2 Å². The second kappa shape index (κ2) is 7.83. The van der Waals surface area contributed by atoms with Crippen molar-refractivity contribution >= 4 is 11.7 Å². The molecule has 0 atom stereocenters. The topological polar surface area (TPSA) is 78.1 Å². The molecule has 0 fully saturated rings. The molecular formula is C21H18F2N4O2. The molecule has 0 aliphatic carbocycles. The normalized spacial score (nSPS) is 13.1. The lowest BCUT2D eigenvalue weighted by atomic mass is 10.1. The Bertz CT molecular complexity index is 1110. The molecule has 0 bridgehead atoms. The Balaban J connectivity index is 1.49. The molecule has 0 saturated carbocycles. The van der Waals surface area contributed by atoms with Crippen LogP contribution in [-0.4, -0.2) is 27.4 Å². The summed E-state index contributed by atoms with van der Waals surface area (Å²) >= 11 is 0. The van der Waals surface area contributed by atoms with Crippen LogP contribution in [0.15, 0.2) is 53.3 Å². The first kappa shape index (κ1) is 18.8. The fourth-order valence-corrected chi connectivity index (χ4v) is 3.29. The third-order valence-electron chi connectivity index (χ3n) is 4.81.